The van der Waals surface area contributed by atoms with E-state index in [9.17, 15) is 0 Å². The van der Waals surface area contributed by atoms with Crippen molar-refractivity contribution in [1.29, 1.82) is 0 Å². The fourth-order valence-electron chi connectivity index (χ4n) is 0.590. The van der Waals surface area contributed by atoms with E-state index in [2.05, 4.69) is 4.98 Å². The van der Waals surface area contributed by atoms with E-state index in [4.69, 9.17) is 22.4 Å². The SMILES string of the molecule is NCc1cnc(Cl)c(O)c1. The van der Waals surface area contributed by atoms with Crippen molar-refractivity contribution in [3.63, 3.8) is 0 Å². The zero-order chi connectivity index (χ0) is 7.56. The number of nitrogens with two attached hydrogens (primary N) is 1. The molecule has 10 heavy (non-hydrogen) atoms. The predicted octanol–water partition coefficient (Wildman–Crippen LogP) is 0.899. The van der Waals surface area contributed by atoms with Crippen LogP contribution in [0.1, 0.15) is 5.56 Å². The van der Waals surface area contributed by atoms with Gasteiger partial charge < -0.3 is 10.8 Å². The number of nitrogens with zero attached hydrogens (tertiary/aromatic N) is 1. The van der Waals surface area contributed by atoms with Crippen molar-refractivity contribution >= 4 is 11.6 Å². The van der Waals surface area contributed by atoms with E-state index in [1.54, 1.807) is 0 Å². The first kappa shape index (κ1) is 7.31. The van der Waals surface area contributed by atoms with Gasteiger partial charge in [-0.25, -0.2) is 4.98 Å². The molecule has 0 bridgehead atoms. The summed E-state index contributed by atoms with van der Waals surface area (Å²) in [7, 11) is 0. The maximum atomic E-state index is 8.98. The van der Waals surface area contributed by atoms with Crippen molar-refractivity contribution in [2.24, 2.45) is 5.73 Å². The molecule has 0 spiro atoms. The monoisotopic (exact) mass is 158 g/mol. The summed E-state index contributed by atoms with van der Waals surface area (Å²) in [4.78, 5) is 3.68. The molecule has 1 rings (SSSR count). The second kappa shape index (κ2) is 2.86. The summed E-state index contributed by atoms with van der Waals surface area (Å²) in [6.45, 7) is 0.359. The minimum Gasteiger partial charge on any atom is -0.505 e. The van der Waals surface area contributed by atoms with Gasteiger partial charge in [0, 0.05) is 12.7 Å². The van der Waals surface area contributed by atoms with Gasteiger partial charge >= 0.3 is 0 Å². The average Bonchev–Trinajstić information content (AvgIpc) is 1.95. The van der Waals surface area contributed by atoms with Crippen molar-refractivity contribution in [2.75, 3.05) is 0 Å². The Morgan fingerprint density at radius 1 is 1.70 bits per heavy atom. The zero-order valence-corrected chi connectivity index (χ0v) is 5.97. The first-order valence-electron chi connectivity index (χ1n) is 2.77. The summed E-state index contributed by atoms with van der Waals surface area (Å²) in [5.41, 5.74) is 6.04. The summed E-state index contributed by atoms with van der Waals surface area (Å²) in [5.74, 6) is -0.0235. The Morgan fingerprint density at radius 2 is 2.40 bits per heavy atom. The van der Waals surface area contributed by atoms with Crippen LogP contribution in [0.4, 0.5) is 0 Å². The normalized spacial score (nSPS) is 9.80. The molecule has 0 atom stereocenters. The molecule has 0 fully saturated rings. The van der Waals surface area contributed by atoms with Crippen molar-refractivity contribution in [1.82, 2.24) is 4.98 Å². The van der Waals surface area contributed by atoms with E-state index in [-0.39, 0.29) is 10.9 Å². The Morgan fingerprint density at radius 3 is 2.90 bits per heavy atom. The second-order valence-corrected chi connectivity index (χ2v) is 2.22. The number of halogens is 1. The van der Waals surface area contributed by atoms with Crippen LogP contribution in [0, 0.1) is 0 Å². The maximum absolute atomic E-state index is 8.98. The molecule has 0 saturated heterocycles. The Bertz CT molecular complexity index is 239. The van der Waals surface area contributed by atoms with Crippen molar-refractivity contribution < 1.29 is 5.11 Å². The molecule has 0 amide bonds. The minimum atomic E-state index is -0.0235. The molecule has 1 aromatic rings. The van der Waals surface area contributed by atoms with E-state index in [1.807, 2.05) is 0 Å². The number of aromatic hydroxyl groups is 1. The molecule has 0 unspecified atom stereocenters. The van der Waals surface area contributed by atoms with Crippen LogP contribution in [0.25, 0.3) is 0 Å². The quantitative estimate of drug-likeness (QED) is 0.597. The van der Waals surface area contributed by atoms with Crippen LogP contribution in [0.5, 0.6) is 5.75 Å². The van der Waals surface area contributed by atoms with Gasteiger partial charge in [0.1, 0.15) is 0 Å². The van der Waals surface area contributed by atoms with Crippen LogP contribution < -0.4 is 5.73 Å². The lowest BCUT2D eigenvalue weighted by Gasteiger charge is -1.97. The molecule has 0 aliphatic rings. The fraction of sp³-hybridized carbons (Fsp3) is 0.167. The molecule has 3 nitrogen and oxygen atoms in total. The summed E-state index contributed by atoms with van der Waals surface area (Å²) >= 11 is 5.44. The van der Waals surface area contributed by atoms with Gasteiger partial charge in [0.05, 0.1) is 0 Å². The Balaban J connectivity index is 3.04. The largest absolute Gasteiger partial charge is 0.505 e. The molecular formula is C6H7ClN2O. The van der Waals surface area contributed by atoms with Crippen molar-refractivity contribution in [2.45, 2.75) is 6.54 Å². The van der Waals surface area contributed by atoms with E-state index in [1.165, 1.54) is 12.3 Å². The van der Waals surface area contributed by atoms with Gasteiger partial charge in [-0.15, -0.1) is 0 Å². The van der Waals surface area contributed by atoms with Crippen LogP contribution in [0.3, 0.4) is 0 Å². The second-order valence-electron chi connectivity index (χ2n) is 1.86. The third-order valence-electron chi connectivity index (χ3n) is 1.11. The highest BCUT2D eigenvalue weighted by Crippen LogP contribution is 2.19. The summed E-state index contributed by atoms with van der Waals surface area (Å²) in [6, 6.07) is 1.50. The Kier molecular flexibility index (Phi) is 2.09. The summed E-state index contributed by atoms with van der Waals surface area (Å²) in [6.07, 6.45) is 1.53. The molecule has 0 aliphatic carbocycles. The summed E-state index contributed by atoms with van der Waals surface area (Å²) < 4.78 is 0. The van der Waals surface area contributed by atoms with Gasteiger partial charge in [-0.1, -0.05) is 11.6 Å². The molecule has 1 aromatic heterocycles. The van der Waals surface area contributed by atoms with Gasteiger partial charge in [-0.3, -0.25) is 0 Å². The van der Waals surface area contributed by atoms with Crippen LogP contribution in [0.15, 0.2) is 12.3 Å². The number of pyridine rings is 1. The van der Waals surface area contributed by atoms with Crippen LogP contribution >= 0.6 is 11.6 Å². The lowest BCUT2D eigenvalue weighted by Crippen LogP contribution is -1.96. The third kappa shape index (κ3) is 1.37. The zero-order valence-electron chi connectivity index (χ0n) is 5.21. The van der Waals surface area contributed by atoms with E-state index in [0.717, 1.165) is 5.56 Å². The Hall–Kier alpha value is -0.800. The van der Waals surface area contributed by atoms with Gasteiger partial charge in [-0.05, 0) is 11.6 Å². The van der Waals surface area contributed by atoms with Gasteiger partial charge in [0.15, 0.2) is 10.9 Å². The highest BCUT2D eigenvalue weighted by atomic mass is 35.5. The molecular weight excluding hydrogens is 152 g/mol. The maximum Gasteiger partial charge on any atom is 0.170 e. The van der Waals surface area contributed by atoms with Crippen LogP contribution in [0.2, 0.25) is 5.15 Å². The Labute approximate surface area is 63.5 Å². The van der Waals surface area contributed by atoms with Gasteiger partial charge in [-0.2, -0.15) is 0 Å². The molecule has 3 N–H and O–H groups in total. The molecule has 1 heterocycles. The highest BCUT2D eigenvalue weighted by molar-refractivity contribution is 6.30. The number of hydrogen-bond acceptors (Lipinski definition) is 3. The first-order chi connectivity index (χ1) is 4.74. The average molecular weight is 159 g/mol. The minimum absolute atomic E-state index is 0.0235. The number of hydrogen-bond donors (Lipinski definition) is 2. The summed E-state index contributed by atoms with van der Waals surface area (Å²) in [5, 5.41) is 9.09. The molecule has 4 heteroatoms. The number of rotatable bonds is 1. The predicted molar refractivity (Wildman–Crippen MR) is 38.8 cm³/mol. The highest BCUT2D eigenvalue weighted by Gasteiger charge is 1.98. The molecule has 54 valence electrons. The topological polar surface area (TPSA) is 59.1 Å². The van der Waals surface area contributed by atoms with Crippen molar-refractivity contribution in [3.05, 3.63) is 23.0 Å². The lowest BCUT2D eigenvalue weighted by atomic mass is 10.3. The van der Waals surface area contributed by atoms with Crippen molar-refractivity contribution in [3.8, 4) is 5.75 Å². The van der Waals surface area contributed by atoms with E-state index in [0.29, 0.717) is 6.54 Å². The van der Waals surface area contributed by atoms with E-state index >= 15 is 0 Å². The molecule has 0 aliphatic heterocycles. The fourth-order valence-corrected chi connectivity index (χ4v) is 0.693. The lowest BCUT2D eigenvalue weighted by molar-refractivity contribution is 0.472. The first-order valence-corrected chi connectivity index (χ1v) is 3.15. The van der Waals surface area contributed by atoms with Gasteiger partial charge in [0.25, 0.3) is 0 Å². The number of aromatic nitrogens is 1. The standard InChI is InChI=1S/C6H7ClN2O/c7-6-5(10)1-4(2-8)3-9-6/h1,3,10H,2,8H2. The molecule has 0 saturated carbocycles. The van der Waals surface area contributed by atoms with Gasteiger partial charge in [0.2, 0.25) is 0 Å². The van der Waals surface area contributed by atoms with Crippen LogP contribution in [-0.2, 0) is 6.54 Å². The smallest absolute Gasteiger partial charge is 0.170 e. The van der Waals surface area contributed by atoms with Crippen LogP contribution in [-0.4, -0.2) is 10.1 Å². The third-order valence-corrected chi connectivity index (χ3v) is 1.40. The molecule has 0 aromatic carbocycles. The molecule has 0 radical (unpaired) electrons. The van der Waals surface area contributed by atoms with E-state index < -0.39 is 0 Å².